The van der Waals surface area contributed by atoms with Gasteiger partial charge in [0.05, 0.1) is 16.7 Å². The number of hydrogen-bond donors (Lipinski definition) is 1. The Morgan fingerprint density at radius 1 is 1.12 bits per heavy atom. The second-order valence-electron chi connectivity index (χ2n) is 5.75. The molecule has 1 N–H and O–H groups in total. The molecule has 2 rings (SSSR count). The number of benzene rings is 2. The van der Waals surface area contributed by atoms with Gasteiger partial charge in [-0.05, 0) is 42.3 Å². The largest absolute Gasteiger partial charge is 0.349 e. The molecule has 0 aromatic heterocycles. The van der Waals surface area contributed by atoms with Crippen molar-refractivity contribution in [2.75, 3.05) is 12.0 Å². The fourth-order valence-corrected chi connectivity index (χ4v) is 3.77. The minimum absolute atomic E-state index is 0.0568. The van der Waals surface area contributed by atoms with Gasteiger partial charge in [-0.25, -0.2) is 8.42 Å². The average Bonchev–Trinajstić information content (AvgIpc) is 2.56. The van der Waals surface area contributed by atoms with Crippen LogP contribution in [-0.4, -0.2) is 26.3 Å². The summed E-state index contributed by atoms with van der Waals surface area (Å²) in [6.45, 7) is 1.87. The van der Waals surface area contributed by atoms with Crippen molar-refractivity contribution in [3.8, 4) is 0 Å². The Morgan fingerprint density at radius 3 is 2.28 bits per heavy atom. The van der Waals surface area contributed by atoms with Crippen LogP contribution in [0.1, 0.15) is 24.1 Å². The third kappa shape index (κ3) is 6.38. The molecule has 0 bridgehead atoms. The Morgan fingerprint density at radius 2 is 1.72 bits per heavy atom. The lowest BCUT2D eigenvalue weighted by molar-refractivity contribution is -0.119. The van der Waals surface area contributed by atoms with E-state index in [1.54, 1.807) is 24.3 Å². The van der Waals surface area contributed by atoms with Gasteiger partial charge >= 0.3 is 0 Å². The van der Waals surface area contributed by atoms with Crippen LogP contribution in [0.3, 0.4) is 0 Å². The maximum atomic E-state index is 12.0. The number of rotatable bonds is 7. The van der Waals surface area contributed by atoms with Crippen molar-refractivity contribution < 1.29 is 13.2 Å². The lowest BCUT2D eigenvalue weighted by atomic mass is 10.1. The van der Waals surface area contributed by atoms with E-state index in [1.165, 1.54) is 18.0 Å². The van der Waals surface area contributed by atoms with Gasteiger partial charge in [0.1, 0.15) is 0 Å². The SMILES string of the molecule is CC(NC(=O)CSCc1ccc(Cl)cc1)c1ccc(S(C)(=O)=O)cc1. The zero-order valence-electron chi connectivity index (χ0n) is 14.0. The normalized spacial score (nSPS) is 12.6. The van der Waals surface area contributed by atoms with Crippen LogP contribution in [-0.2, 0) is 20.4 Å². The lowest BCUT2D eigenvalue weighted by Crippen LogP contribution is -2.28. The highest BCUT2D eigenvalue weighted by molar-refractivity contribution is 7.99. The maximum absolute atomic E-state index is 12.0. The highest BCUT2D eigenvalue weighted by Crippen LogP contribution is 2.18. The summed E-state index contributed by atoms with van der Waals surface area (Å²) in [5, 5.41) is 3.62. The van der Waals surface area contributed by atoms with E-state index in [0.717, 1.165) is 16.9 Å². The number of thioether (sulfide) groups is 1. The van der Waals surface area contributed by atoms with E-state index < -0.39 is 9.84 Å². The summed E-state index contributed by atoms with van der Waals surface area (Å²) in [6.07, 6.45) is 1.17. The Labute approximate surface area is 157 Å². The summed E-state index contributed by atoms with van der Waals surface area (Å²) >= 11 is 7.37. The number of sulfone groups is 1. The first-order valence-electron chi connectivity index (χ1n) is 7.67. The van der Waals surface area contributed by atoms with Crippen molar-refractivity contribution in [2.24, 2.45) is 0 Å². The van der Waals surface area contributed by atoms with Gasteiger partial charge < -0.3 is 5.32 Å². The van der Waals surface area contributed by atoms with Gasteiger partial charge in [-0.1, -0.05) is 35.9 Å². The summed E-state index contributed by atoms with van der Waals surface area (Å²) in [5.41, 5.74) is 1.98. The molecule has 0 aliphatic carbocycles. The second kappa shape index (κ2) is 8.74. The lowest BCUT2D eigenvalue weighted by Gasteiger charge is -2.14. The number of hydrogen-bond acceptors (Lipinski definition) is 4. The summed E-state index contributed by atoms with van der Waals surface area (Å²) in [5.74, 6) is 1.04. The molecule has 0 aliphatic heterocycles. The molecule has 0 saturated heterocycles. The van der Waals surface area contributed by atoms with E-state index in [9.17, 15) is 13.2 Å². The molecule has 0 radical (unpaired) electrons. The third-order valence-corrected chi connectivity index (χ3v) is 5.99. The molecule has 7 heteroatoms. The molecule has 2 aromatic rings. The zero-order valence-corrected chi connectivity index (χ0v) is 16.4. The van der Waals surface area contributed by atoms with Gasteiger partial charge in [0.25, 0.3) is 0 Å². The molecule has 25 heavy (non-hydrogen) atoms. The predicted octanol–water partition coefficient (Wildman–Crippen LogP) is 3.85. The second-order valence-corrected chi connectivity index (χ2v) is 9.19. The molecule has 1 unspecified atom stereocenters. The first-order valence-corrected chi connectivity index (χ1v) is 11.1. The van der Waals surface area contributed by atoms with Gasteiger partial charge in [0.2, 0.25) is 5.91 Å². The van der Waals surface area contributed by atoms with Crippen molar-refractivity contribution in [3.63, 3.8) is 0 Å². The molecule has 0 spiro atoms. The molecule has 0 aliphatic rings. The topological polar surface area (TPSA) is 63.2 Å². The van der Waals surface area contributed by atoms with E-state index in [4.69, 9.17) is 11.6 Å². The van der Waals surface area contributed by atoms with Gasteiger partial charge in [-0.3, -0.25) is 4.79 Å². The molecule has 0 heterocycles. The van der Waals surface area contributed by atoms with Gasteiger partial charge in [0.15, 0.2) is 9.84 Å². The number of amides is 1. The van der Waals surface area contributed by atoms with E-state index in [2.05, 4.69) is 5.32 Å². The molecule has 134 valence electrons. The van der Waals surface area contributed by atoms with E-state index in [-0.39, 0.29) is 16.8 Å². The summed E-state index contributed by atoms with van der Waals surface area (Å²) in [4.78, 5) is 12.3. The molecule has 0 fully saturated rings. The summed E-state index contributed by atoms with van der Waals surface area (Å²) in [7, 11) is -3.21. The Balaban J connectivity index is 1.82. The standard InChI is InChI=1S/C18H20ClNO3S2/c1-13(15-5-9-17(10-6-15)25(2,22)23)20-18(21)12-24-11-14-3-7-16(19)8-4-14/h3-10,13H,11-12H2,1-2H3,(H,20,21). The Bertz CT molecular complexity index is 818. The van der Waals surface area contributed by atoms with Crippen molar-refractivity contribution in [1.29, 1.82) is 0 Å². The summed E-state index contributed by atoms with van der Waals surface area (Å²) in [6, 6.07) is 13.9. The molecule has 2 aromatic carbocycles. The van der Waals surface area contributed by atoms with Crippen LogP contribution in [0, 0.1) is 0 Å². The van der Waals surface area contributed by atoms with Crippen LogP contribution in [0.5, 0.6) is 0 Å². The molecule has 0 saturated carbocycles. The van der Waals surface area contributed by atoms with E-state index >= 15 is 0 Å². The molecule has 4 nitrogen and oxygen atoms in total. The van der Waals surface area contributed by atoms with Crippen LogP contribution >= 0.6 is 23.4 Å². The molecule has 1 amide bonds. The monoisotopic (exact) mass is 397 g/mol. The number of carbonyl (C=O) groups excluding carboxylic acids is 1. The fourth-order valence-electron chi connectivity index (χ4n) is 2.21. The van der Waals surface area contributed by atoms with E-state index in [0.29, 0.717) is 10.8 Å². The van der Waals surface area contributed by atoms with Crippen LogP contribution in [0.2, 0.25) is 5.02 Å². The minimum atomic E-state index is -3.21. The van der Waals surface area contributed by atoms with Gasteiger partial charge in [-0.2, -0.15) is 0 Å². The van der Waals surface area contributed by atoms with Crippen LogP contribution in [0.4, 0.5) is 0 Å². The Kier molecular flexibility index (Phi) is 6.93. The van der Waals surface area contributed by atoms with E-state index in [1.807, 2.05) is 31.2 Å². The van der Waals surface area contributed by atoms with Crippen LogP contribution < -0.4 is 5.32 Å². The van der Waals surface area contributed by atoms with Gasteiger partial charge in [-0.15, -0.1) is 11.8 Å². The van der Waals surface area contributed by atoms with Gasteiger partial charge in [0, 0.05) is 17.0 Å². The van der Waals surface area contributed by atoms with Crippen molar-refractivity contribution in [1.82, 2.24) is 5.32 Å². The van der Waals surface area contributed by atoms with Crippen LogP contribution in [0.25, 0.3) is 0 Å². The molecular formula is C18H20ClNO3S2. The van der Waals surface area contributed by atoms with Crippen molar-refractivity contribution >= 4 is 39.1 Å². The Hall–Kier alpha value is -1.50. The third-order valence-electron chi connectivity index (χ3n) is 3.60. The number of carbonyl (C=O) groups is 1. The quantitative estimate of drug-likeness (QED) is 0.770. The molecular weight excluding hydrogens is 378 g/mol. The predicted molar refractivity (Wildman–Crippen MR) is 104 cm³/mol. The number of nitrogens with one attached hydrogen (secondary N) is 1. The highest BCUT2D eigenvalue weighted by Gasteiger charge is 2.12. The summed E-state index contributed by atoms with van der Waals surface area (Å²) < 4.78 is 22.9. The smallest absolute Gasteiger partial charge is 0.230 e. The fraction of sp³-hybridized carbons (Fsp3) is 0.278. The minimum Gasteiger partial charge on any atom is -0.349 e. The average molecular weight is 398 g/mol. The first kappa shape index (κ1) is 19.8. The van der Waals surface area contributed by atoms with Crippen molar-refractivity contribution in [3.05, 3.63) is 64.7 Å². The highest BCUT2D eigenvalue weighted by atomic mass is 35.5. The van der Waals surface area contributed by atoms with Crippen LogP contribution in [0.15, 0.2) is 53.4 Å². The first-order chi connectivity index (χ1) is 11.8. The zero-order chi connectivity index (χ0) is 18.4. The number of halogens is 1. The molecule has 1 atom stereocenters. The maximum Gasteiger partial charge on any atom is 0.230 e. The van der Waals surface area contributed by atoms with Crippen molar-refractivity contribution in [2.45, 2.75) is 23.6 Å².